The second-order valence-electron chi connectivity index (χ2n) is 12.4. The summed E-state index contributed by atoms with van der Waals surface area (Å²) in [6, 6.07) is 0. The van der Waals surface area contributed by atoms with Gasteiger partial charge in [0.1, 0.15) is 29.8 Å². The van der Waals surface area contributed by atoms with E-state index in [1.165, 1.54) is 5.57 Å². The molecule has 0 saturated carbocycles. The van der Waals surface area contributed by atoms with E-state index in [9.17, 15) is 15.0 Å². The van der Waals surface area contributed by atoms with Gasteiger partial charge in [-0.15, -0.1) is 0 Å². The molecule has 3 saturated heterocycles. The second-order valence-corrected chi connectivity index (χ2v) is 12.4. The van der Waals surface area contributed by atoms with E-state index in [1.54, 1.807) is 13.0 Å². The van der Waals surface area contributed by atoms with Crippen molar-refractivity contribution >= 4 is 5.97 Å². The van der Waals surface area contributed by atoms with Crippen LogP contribution in [0.4, 0.5) is 0 Å². The molecule has 5 aliphatic rings. The van der Waals surface area contributed by atoms with Crippen LogP contribution in [-0.2, 0) is 23.7 Å². The molecule has 10 atom stereocenters. The Morgan fingerprint density at radius 3 is 2.66 bits per heavy atom. The number of rotatable bonds is 0. The Morgan fingerprint density at radius 1 is 1.11 bits per heavy atom. The van der Waals surface area contributed by atoms with Crippen LogP contribution in [0.15, 0.2) is 47.1 Å². The van der Waals surface area contributed by atoms with E-state index in [0.29, 0.717) is 35.8 Å². The fourth-order valence-electron chi connectivity index (χ4n) is 6.85. The van der Waals surface area contributed by atoms with Crippen LogP contribution in [0.2, 0.25) is 0 Å². The molecule has 38 heavy (non-hydrogen) atoms. The molecule has 5 rings (SSSR count). The first-order valence-corrected chi connectivity index (χ1v) is 14.3. The Morgan fingerprint density at radius 2 is 1.89 bits per heavy atom. The van der Waals surface area contributed by atoms with E-state index in [-0.39, 0.29) is 18.8 Å². The molecule has 1 spiro atoms. The van der Waals surface area contributed by atoms with Crippen molar-refractivity contribution in [3.8, 4) is 0 Å². The number of hydrogen-bond donors (Lipinski definition) is 2. The minimum atomic E-state index is -1.68. The standard InChI is InChI=1S/C31H44O7/c1-18-7-6-8-23-17-35-28-27(32)21(4)14-26(31(23,28)34)29(33)36-25-15-24(10-9-19(2)13-18)38-30(16-25)12-11-20(3)22(5)37-30/h6-9,14,18,20,22,24-28,32,34H,10-13,15-17H2,1-5H3. The molecule has 0 aromatic heterocycles. The van der Waals surface area contributed by atoms with Crippen LogP contribution in [0.25, 0.3) is 0 Å². The molecule has 1 aliphatic carbocycles. The first-order valence-electron chi connectivity index (χ1n) is 14.3. The van der Waals surface area contributed by atoms with Crippen molar-refractivity contribution in [3.63, 3.8) is 0 Å². The molecule has 0 radical (unpaired) electrons. The fourth-order valence-corrected chi connectivity index (χ4v) is 6.85. The number of allylic oxidation sites excluding steroid dienone is 4. The minimum Gasteiger partial charge on any atom is -0.462 e. The lowest BCUT2D eigenvalue weighted by molar-refractivity contribution is -0.332. The highest BCUT2D eigenvalue weighted by Crippen LogP contribution is 2.47. The first kappa shape index (κ1) is 27.8. The van der Waals surface area contributed by atoms with Crippen molar-refractivity contribution in [2.75, 3.05) is 6.61 Å². The van der Waals surface area contributed by atoms with Gasteiger partial charge in [-0.1, -0.05) is 49.8 Å². The summed E-state index contributed by atoms with van der Waals surface area (Å²) in [5.74, 6) is -1.53. The zero-order valence-corrected chi connectivity index (χ0v) is 23.4. The summed E-state index contributed by atoms with van der Waals surface area (Å²) < 4.78 is 25.2. The van der Waals surface area contributed by atoms with Crippen molar-refractivity contribution in [3.05, 3.63) is 47.1 Å². The summed E-state index contributed by atoms with van der Waals surface area (Å²) in [6.07, 6.45) is 11.8. The third-order valence-corrected chi connectivity index (χ3v) is 9.30. The number of ether oxygens (including phenoxy) is 4. The highest BCUT2D eigenvalue weighted by atomic mass is 16.7. The molecule has 0 aromatic carbocycles. The van der Waals surface area contributed by atoms with E-state index in [0.717, 1.165) is 25.7 Å². The molecule has 2 bridgehead atoms. The molecule has 0 amide bonds. The van der Waals surface area contributed by atoms with Crippen molar-refractivity contribution in [1.29, 1.82) is 0 Å². The molecule has 4 heterocycles. The highest BCUT2D eigenvalue weighted by molar-refractivity contribution is 5.78. The Balaban J connectivity index is 1.51. The first-order chi connectivity index (χ1) is 18.0. The van der Waals surface area contributed by atoms with E-state index in [2.05, 4.69) is 39.8 Å². The number of aliphatic hydroxyl groups excluding tert-OH is 1. The molecular weight excluding hydrogens is 484 g/mol. The number of carbonyl (C=O) groups excluding carboxylic acids is 1. The maximum absolute atomic E-state index is 13.8. The van der Waals surface area contributed by atoms with Crippen molar-refractivity contribution in [2.24, 2.45) is 17.8 Å². The summed E-state index contributed by atoms with van der Waals surface area (Å²) in [5, 5.41) is 22.8. The minimum absolute atomic E-state index is 0.0526. The molecule has 10 unspecified atom stereocenters. The number of esters is 1. The molecule has 210 valence electrons. The van der Waals surface area contributed by atoms with E-state index >= 15 is 0 Å². The highest BCUT2D eigenvalue weighted by Gasteiger charge is 2.60. The smallest absolute Gasteiger partial charge is 0.316 e. The van der Waals surface area contributed by atoms with Gasteiger partial charge in [0.25, 0.3) is 0 Å². The summed E-state index contributed by atoms with van der Waals surface area (Å²) in [5.41, 5.74) is 0.783. The van der Waals surface area contributed by atoms with Gasteiger partial charge in [-0.3, -0.25) is 4.79 Å². The van der Waals surface area contributed by atoms with Crippen LogP contribution in [-0.4, -0.2) is 64.7 Å². The predicted molar refractivity (Wildman–Crippen MR) is 143 cm³/mol. The number of carbonyl (C=O) groups is 1. The topological polar surface area (TPSA) is 94.5 Å². The van der Waals surface area contributed by atoms with Crippen LogP contribution < -0.4 is 0 Å². The van der Waals surface area contributed by atoms with Crippen LogP contribution in [0.3, 0.4) is 0 Å². The number of fused-ring (bicyclic) bond motifs is 2. The van der Waals surface area contributed by atoms with Gasteiger partial charge in [0.2, 0.25) is 0 Å². The van der Waals surface area contributed by atoms with Gasteiger partial charge >= 0.3 is 5.97 Å². The van der Waals surface area contributed by atoms with E-state index in [4.69, 9.17) is 18.9 Å². The van der Waals surface area contributed by atoms with Gasteiger partial charge in [0.05, 0.1) is 18.8 Å². The normalized spacial score (nSPS) is 46.1. The average Bonchev–Trinajstić information content (AvgIpc) is 3.19. The summed E-state index contributed by atoms with van der Waals surface area (Å²) in [4.78, 5) is 13.8. The van der Waals surface area contributed by atoms with Crippen LogP contribution in [0, 0.1) is 17.8 Å². The van der Waals surface area contributed by atoms with E-state index in [1.807, 2.05) is 12.2 Å². The average molecular weight is 529 g/mol. The largest absolute Gasteiger partial charge is 0.462 e. The SMILES string of the molecule is CC1=CCC2CC(CC3(CCC(C)C(C)O3)O2)OC(=O)C2C=C(C)C(O)C3OCC(=CC=CC(C)C1)C23O. The lowest BCUT2D eigenvalue weighted by atomic mass is 9.71. The van der Waals surface area contributed by atoms with Crippen molar-refractivity contribution in [1.82, 2.24) is 0 Å². The molecule has 7 nitrogen and oxygen atoms in total. The molecule has 0 aromatic rings. The van der Waals surface area contributed by atoms with Crippen molar-refractivity contribution < 1.29 is 34.0 Å². The molecule has 4 aliphatic heterocycles. The van der Waals surface area contributed by atoms with Gasteiger partial charge in [-0.2, -0.15) is 0 Å². The van der Waals surface area contributed by atoms with Gasteiger partial charge in [0, 0.05) is 19.3 Å². The maximum Gasteiger partial charge on any atom is 0.316 e. The Hall–Kier alpha value is -1.77. The quantitative estimate of drug-likeness (QED) is 0.352. The zero-order chi connectivity index (χ0) is 27.2. The molecule has 2 N–H and O–H groups in total. The summed E-state index contributed by atoms with van der Waals surface area (Å²) in [6.45, 7) is 10.5. The Labute approximate surface area is 226 Å². The monoisotopic (exact) mass is 528 g/mol. The van der Waals surface area contributed by atoms with Gasteiger partial charge < -0.3 is 29.2 Å². The van der Waals surface area contributed by atoms with Gasteiger partial charge in [-0.05, 0) is 63.0 Å². The Bertz CT molecular complexity index is 1040. The van der Waals surface area contributed by atoms with Gasteiger partial charge in [0.15, 0.2) is 5.79 Å². The van der Waals surface area contributed by atoms with Gasteiger partial charge in [-0.25, -0.2) is 0 Å². The fraction of sp³-hybridized carbons (Fsp3) is 0.710. The molecule has 7 heteroatoms. The predicted octanol–water partition coefficient (Wildman–Crippen LogP) is 4.53. The van der Waals surface area contributed by atoms with Crippen LogP contribution >= 0.6 is 0 Å². The lowest BCUT2D eigenvalue weighted by Gasteiger charge is -2.49. The zero-order valence-electron chi connectivity index (χ0n) is 23.4. The van der Waals surface area contributed by atoms with Crippen LogP contribution in [0.5, 0.6) is 0 Å². The molecular formula is C31H44O7. The van der Waals surface area contributed by atoms with Crippen molar-refractivity contribution in [2.45, 2.75) is 115 Å². The third-order valence-electron chi connectivity index (χ3n) is 9.30. The lowest BCUT2D eigenvalue weighted by Crippen LogP contribution is -2.58. The summed E-state index contributed by atoms with van der Waals surface area (Å²) in [7, 11) is 0. The number of hydrogen-bond acceptors (Lipinski definition) is 7. The van der Waals surface area contributed by atoms with E-state index < -0.39 is 41.6 Å². The summed E-state index contributed by atoms with van der Waals surface area (Å²) >= 11 is 0. The Kier molecular flexibility index (Phi) is 7.79. The number of aliphatic hydroxyl groups is 2. The van der Waals surface area contributed by atoms with Crippen LogP contribution in [0.1, 0.15) is 73.1 Å². The third kappa shape index (κ3) is 5.20. The maximum atomic E-state index is 13.8. The second kappa shape index (κ2) is 10.7. The molecule has 3 fully saturated rings.